The number of alkyl halides is 3. The van der Waals surface area contributed by atoms with Gasteiger partial charge in [0.1, 0.15) is 0 Å². The number of aliphatic hydroxyl groups excluding tert-OH is 1. The predicted molar refractivity (Wildman–Crippen MR) is 78.8 cm³/mol. The summed E-state index contributed by atoms with van der Waals surface area (Å²) >= 11 is 0. The molecule has 0 radical (unpaired) electrons. The summed E-state index contributed by atoms with van der Waals surface area (Å²) < 4.78 is 38.7. The monoisotopic (exact) mass is 310 g/mol. The molecule has 0 saturated carbocycles. The molecule has 1 aromatic carbocycles. The first kappa shape index (κ1) is 15.1. The SMILES string of the molecule is O[C@H]([C@H]1CCCCN1c1ccc2cnccc2c1)C(F)(F)F. The van der Waals surface area contributed by atoms with Gasteiger partial charge >= 0.3 is 6.18 Å². The van der Waals surface area contributed by atoms with Crippen molar-refractivity contribution in [2.24, 2.45) is 0 Å². The number of aliphatic hydroxyl groups is 1. The van der Waals surface area contributed by atoms with E-state index in [0.717, 1.165) is 17.2 Å². The van der Waals surface area contributed by atoms with Crippen molar-refractivity contribution in [1.82, 2.24) is 4.98 Å². The highest BCUT2D eigenvalue weighted by Crippen LogP contribution is 2.34. The lowest BCUT2D eigenvalue weighted by molar-refractivity contribution is -0.211. The summed E-state index contributed by atoms with van der Waals surface area (Å²) in [7, 11) is 0. The molecule has 1 aromatic heterocycles. The number of piperidine rings is 1. The number of pyridine rings is 1. The van der Waals surface area contributed by atoms with E-state index < -0.39 is 18.3 Å². The van der Waals surface area contributed by atoms with Crippen LogP contribution in [0.4, 0.5) is 18.9 Å². The van der Waals surface area contributed by atoms with Gasteiger partial charge in [0.05, 0.1) is 6.04 Å². The minimum atomic E-state index is -4.60. The summed E-state index contributed by atoms with van der Waals surface area (Å²) in [5.41, 5.74) is 0.715. The molecule has 3 rings (SSSR count). The summed E-state index contributed by atoms with van der Waals surface area (Å²) in [5, 5.41) is 11.5. The lowest BCUT2D eigenvalue weighted by atomic mass is 9.95. The van der Waals surface area contributed by atoms with Gasteiger partial charge in [0.2, 0.25) is 0 Å². The predicted octanol–water partition coefficient (Wildman–Crippen LogP) is 3.52. The molecule has 1 N–H and O–H groups in total. The van der Waals surface area contributed by atoms with E-state index in [4.69, 9.17) is 0 Å². The summed E-state index contributed by atoms with van der Waals surface area (Å²) in [6.07, 6.45) is -1.67. The molecule has 0 aliphatic carbocycles. The maximum absolute atomic E-state index is 12.9. The standard InChI is InChI=1S/C16H17F3N2O/c17-16(18,19)15(22)14-3-1-2-8-21(14)13-5-4-12-10-20-7-6-11(12)9-13/h4-7,9-10,14-15,22H,1-3,8H2/t14-,15-/m1/s1. The van der Waals surface area contributed by atoms with E-state index >= 15 is 0 Å². The van der Waals surface area contributed by atoms with Crippen LogP contribution in [0, 0.1) is 0 Å². The van der Waals surface area contributed by atoms with Gasteiger partial charge in [-0.3, -0.25) is 4.98 Å². The molecule has 0 unspecified atom stereocenters. The Kier molecular flexibility index (Phi) is 3.95. The number of anilines is 1. The number of halogens is 3. The highest BCUT2D eigenvalue weighted by molar-refractivity contribution is 5.85. The molecule has 1 aliphatic rings. The lowest BCUT2D eigenvalue weighted by Gasteiger charge is -2.40. The third kappa shape index (κ3) is 2.88. The van der Waals surface area contributed by atoms with Gasteiger partial charge in [-0.05, 0) is 42.8 Å². The molecule has 2 atom stereocenters. The molecule has 0 spiro atoms. The number of hydrogen-bond acceptors (Lipinski definition) is 3. The molecular formula is C16H17F3N2O. The molecule has 2 aromatic rings. The third-order valence-electron chi connectivity index (χ3n) is 4.20. The largest absolute Gasteiger partial charge is 0.416 e. The molecule has 6 heteroatoms. The zero-order chi connectivity index (χ0) is 15.7. The van der Waals surface area contributed by atoms with Crippen molar-refractivity contribution in [3.8, 4) is 0 Å². The van der Waals surface area contributed by atoms with Gasteiger partial charge in [-0.1, -0.05) is 6.07 Å². The number of hydrogen-bond donors (Lipinski definition) is 1. The van der Waals surface area contributed by atoms with Gasteiger partial charge in [-0.15, -0.1) is 0 Å². The molecule has 118 valence electrons. The minimum absolute atomic E-state index is 0.342. The highest BCUT2D eigenvalue weighted by atomic mass is 19.4. The smallest absolute Gasteiger partial charge is 0.382 e. The van der Waals surface area contributed by atoms with Gasteiger partial charge in [-0.2, -0.15) is 13.2 Å². The molecule has 1 saturated heterocycles. The fourth-order valence-electron chi connectivity index (χ4n) is 3.07. The van der Waals surface area contributed by atoms with Crippen LogP contribution in [0.2, 0.25) is 0 Å². The van der Waals surface area contributed by atoms with Crippen LogP contribution >= 0.6 is 0 Å². The summed E-state index contributed by atoms with van der Waals surface area (Å²) in [5.74, 6) is 0. The van der Waals surface area contributed by atoms with Crippen molar-refractivity contribution in [2.45, 2.75) is 37.6 Å². The molecule has 3 nitrogen and oxygen atoms in total. The first-order valence-corrected chi connectivity index (χ1v) is 7.32. The normalized spacial score (nSPS) is 21.1. The van der Waals surface area contributed by atoms with Crippen LogP contribution in [0.5, 0.6) is 0 Å². The van der Waals surface area contributed by atoms with E-state index in [1.54, 1.807) is 23.4 Å². The van der Waals surface area contributed by atoms with Crippen LogP contribution in [0.15, 0.2) is 36.7 Å². The van der Waals surface area contributed by atoms with E-state index in [1.165, 1.54) is 0 Å². The Bertz CT molecular complexity index is 659. The maximum atomic E-state index is 12.9. The van der Waals surface area contributed by atoms with Gasteiger partial charge < -0.3 is 10.0 Å². The summed E-state index contributed by atoms with van der Waals surface area (Å²) in [4.78, 5) is 5.71. The Morgan fingerprint density at radius 1 is 1.18 bits per heavy atom. The fraction of sp³-hybridized carbons (Fsp3) is 0.438. The van der Waals surface area contributed by atoms with E-state index in [-0.39, 0.29) is 0 Å². The summed E-state index contributed by atoms with van der Waals surface area (Å²) in [6.45, 7) is 0.522. The average Bonchev–Trinajstić information content (AvgIpc) is 2.53. The van der Waals surface area contributed by atoms with Gasteiger partial charge in [0.15, 0.2) is 6.10 Å². The highest BCUT2D eigenvalue weighted by Gasteiger charge is 2.46. The molecule has 0 amide bonds. The fourth-order valence-corrected chi connectivity index (χ4v) is 3.07. The topological polar surface area (TPSA) is 36.4 Å². The van der Waals surface area contributed by atoms with Gasteiger partial charge in [0, 0.05) is 30.0 Å². The maximum Gasteiger partial charge on any atom is 0.416 e. The van der Waals surface area contributed by atoms with Crippen molar-refractivity contribution < 1.29 is 18.3 Å². The first-order chi connectivity index (χ1) is 10.5. The Hall–Kier alpha value is -1.82. The number of rotatable bonds is 2. The quantitative estimate of drug-likeness (QED) is 0.922. The van der Waals surface area contributed by atoms with Crippen molar-refractivity contribution in [3.63, 3.8) is 0 Å². The zero-order valence-corrected chi connectivity index (χ0v) is 11.9. The first-order valence-electron chi connectivity index (χ1n) is 7.32. The number of fused-ring (bicyclic) bond motifs is 1. The molecule has 2 heterocycles. The second-order valence-electron chi connectivity index (χ2n) is 5.65. The molecule has 22 heavy (non-hydrogen) atoms. The summed E-state index contributed by atoms with van der Waals surface area (Å²) in [6, 6.07) is 6.42. The van der Waals surface area contributed by atoms with Crippen LogP contribution in [0.1, 0.15) is 19.3 Å². The van der Waals surface area contributed by atoms with Gasteiger partial charge in [0.25, 0.3) is 0 Å². The Morgan fingerprint density at radius 3 is 2.77 bits per heavy atom. The van der Waals surface area contributed by atoms with E-state index in [9.17, 15) is 18.3 Å². The molecule has 1 fully saturated rings. The molecule has 1 aliphatic heterocycles. The Labute approximate surface area is 126 Å². The minimum Gasteiger partial charge on any atom is -0.382 e. The van der Waals surface area contributed by atoms with Gasteiger partial charge in [-0.25, -0.2) is 0 Å². The van der Waals surface area contributed by atoms with Crippen LogP contribution in [0.3, 0.4) is 0 Å². The van der Waals surface area contributed by atoms with Crippen molar-refractivity contribution in [1.29, 1.82) is 0 Å². The zero-order valence-electron chi connectivity index (χ0n) is 11.9. The number of benzene rings is 1. The average molecular weight is 310 g/mol. The Balaban J connectivity index is 1.95. The number of aromatic nitrogens is 1. The van der Waals surface area contributed by atoms with Crippen LogP contribution in [-0.4, -0.2) is 35.0 Å². The van der Waals surface area contributed by atoms with E-state index in [0.29, 0.717) is 25.1 Å². The van der Waals surface area contributed by atoms with E-state index in [1.807, 2.05) is 18.2 Å². The van der Waals surface area contributed by atoms with Crippen LogP contribution in [-0.2, 0) is 0 Å². The molecule has 0 bridgehead atoms. The third-order valence-corrected chi connectivity index (χ3v) is 4.20. The lowest BCUT2D eigenvalue weighted by Crippen LogP contribution is -2.52. The van der Waals surface area contributed by atoms with E-state index in [2.05, 4.69) is 4.98 Å². The van der Waals surface area contributed by atoms with Crippen molar-refractivity contribution in [3.05, 3.63) is 36.7 Å². The second-order valence-corrected chi connectivity index (χ2v) is 5.65. The molecular weight excluding hydrogens is 293 g/mol. The van der Waals surface area contributed by atoms with Crippen molar-refractivity contribution in [2.75, 3.05) is 11.4 Å². The Morgan fingerprint density at radius 2 is 2.00 bits per heavy atom. The van der Waals surface area contributed by atoms with Crippen molar-refractivity contribution >= 4 is 16.5 Å². The van der Waals surface area contributed by atoms with Crippen LogP contribution < -0.4 is 4.90 Å². The van der Waals surface area contributed by atoms with Crippen LogP contribution in [0.25, 0.3) is 10.8 Å². The second kappa shape index (κ2) is 5.76. The number of nitrogens with zero attached hydrogens (tertiary/aromatic N) is 2.